The highest BCUT2D eigenvalue weighted by atomic mass is 16.6. The van der Waals surface area contributed by atoms with Crippen LogP contribution in [-0.4, -0.2) is 62.2 Å². The van der Waals surface area contributed by atoms with E-state index in [1.165, 1.54) is 19.5 Å². The average molecular weight is 556 g/mol. The number of amides is 1. The molecule has 41 heavy (non-hydrogen) atoms. The molecule has 11 heteroatoms. The van der Waals surface area contributed by atoms with Gasteiger partial charge in [-0.05, 0) is 74.5 Å². The molecule has 1 amide bonds. The monoisotopic (exact) mass is 555 g/mol. The molecule has 1 aromatic carbocycles. The number of hydrogen-bond acceptors (Lipinski definition) is 9. The summed E-state index contributed by atoms with van der Waals surface area (Å²) in [6.07, 6.45) is 9.14. The normalized spacial score (nSPS) is 18.8. The number of carbonyl (C=O) groups is 1. The summed E-state index contributed by atoms with van der Waals surface area (Å²) in [5, 5.41) is 14.9. The first-order chi connectivity index (χ1) is 19.9. The molecule has 4 aromatic rings. The highest BCUT2D eigenvalue weighted by Gasteiger charge is 2.34. The van der Waals surface area contributed by atoms with Crippen molar-refractivity contribution in [1.82, 2.24) is 29.9 Å². The lowest BCUT2D eigenvalue weighted by Gasteiger charge is -2.39. The number of hydrogen-bond donors (Lipinski definition) is 3. The number of pyridine rings is 2. The van der Waals surface area contributed by atoms with Crippen LogP contribution >= 0.6 is 0 Å². The minimum Gasteiger partial charge on any atom is -0.384 e. The topological polar surface area (TPSA) is 134 Å². The fourth-order valence-corrected chi connectivity index (χ4v) is 5.87. The van der Waals surface area contributed by atoms with Crippen LogP contribution < -0.4 is 16.2 Å². The number of benzene rings is 1. The minimum absolute atomic E-state index is 0.0984. The van der Waals surface area contributed by atoms with Crippen LogP contribution in [0.3, 0.4) is 0 Å². The van der Waals surface area contributed by atoms with Crippen molar-refractivity contribution in [3.63, 3.8) is 0 Å². The van der Waals surface area contributed by atoms with E-state index in [1.54, 1.807) is 10.8 Å². The Morgan fingerprint density at radius 2 is 2.05 bits per heavy atom. The SMILES string of the molecule is CCN1CCCC(O)(c2cccc(Nc3ncc4c(=O)c(C(=O)NOC)cn(-c5cnc6c(c5)CCC6)c4n3)c2)C1. The van der Waals surface area contributed by atoms with E-state index >= 15 is 0 Å². The van der Waals surface area contributed by atoms with Crippen LogP contribution in [0.25, 0.3) is 16.7 Å². The van der Waals surface area contributed by atoms with Crippen molar-refractivity contribution in [1.29, 1.82) is 0 Å². The van der Waals surface area contributed by atoms with Crippen molar-refractivity contribution >= 4 is 28.6 Å². The van der Waals surface area contributed by atoms with Gasteiger partial charge < -0.3 is 15.3 Å². The first-order valence-corrected chi connectivity index (χ1v) is 13.9. The number of β-amino-alcohol motifs (C(OH)–C–C–N with tert-alkyl or cyclic N) is 1. The molecule has 6 rings (SSSR count). The van der Waals surface area contributed by atoms with Crippen LogP contribution in [0, 0.1) is 0 Å². The van der Waals surface area contributed by atoms with Gasteiger partial charge in [0, 0.05) is 30.3 Å². The zero-order chi connectivity index (χ0) is 28.6. The molecule has 212 valence electrons. The third-order valence-electron chi connectivity index (χ3n) is 8.02. The standard InChI is InChI=1S/C30H33N7O4/c1-3-36-12-6-11-30(40,18-36)20-8-5-9-21(14-20)33-29-32-16-23-26(38)24(28(39)35-41-2)17-37(27(23)34-29)22-13-19-7-4-10-25(19)31-15-22/h5,8-9,13-17,40H,3-4,6-7,10-12,18H2,1-2H3,(H,35,39)(H,32,33,34). The van der Waals surface area contributed by atoms with Gasteiger partial charge in [-0.15, -0.1) is 0 Å². The van der Waals surface area contributed by atoms with Crippen molar-refractivity contribution in [3.8, 4) is 5.69 Å². The molecule has 0 radical (unpaired) electrons. The number of likely N-dealkylation sites (N-methyl/N-ethyl adjacent to an activating group) is 1. The Morgan fingerprint density at radius 3 is 2.88 bits per heavy atom. The number of piperidine rings is 1. The fourth-order valence-electron chi connectivity index (χ4n) is 5.87. The van der Waals surface area contributed by atoms with Gasteiger partial charge in [0.15, 0.2) is 5.65 Å². The second-order valence-corrected chi connectivity index (χ2v) is 10.7. The van der Waals surface area contributed by atoms with Gasteiger partial charge in [0.05, 0.1) is 24.4 Å². The second-order valence-electron chi connectivity index (χ2n) is 10.7. The summed E-state index contributed by atoms with van der Waals surface area (Å²) in [7, 11) is 1.31. The zero-order valence-corrected chi connectivity index (χ0v) is 23.2. The molecule has 1 saturated heterocycles. The van der Waals surface area contributed by atoms with E-state index in [2.05, 4.69) is 32.6 Å². The predicted molar refractivity (Wildman–Crippen MR) is 154 cm³/mol. The quantitative estimate of drug-likeness (QED) is 0.294. The summed E-state index contributed by atoms with van der Waals surface area (Å²) in [5.41, 5.74) is 5.47. The molecule has 0 saturated carbocycles. The number of aromatic nitrogens is 4. The number of hydroxylamine groups is 1. The first-order valence-electron chi connectivity index (χ1n) is 13.9. The number of rotatable bonds is 7. The van der Waals surface area contributed by atoms with Gasteiger partial charge >= 0.3 is 0 Å². The van der Waals surface area contributed by atoms with Gasteiger partial charge in [-0.3, -0.25) is 24.0 Å². The molecule has 11 nitrogen and oxygen atoms in total. The van der Waals surface area contributed by atoms with Crippen LogP contribution in [0.2, 0.25) is 0 Å². The third kappa shape index (κ3) is 5.19. The average Bonchev–Trinajstić information content (AvgIpc) is 3.46. The van der Waals surface area contributed by atoms with Crippen LogP contribution in [0.1, 0.15) is 53.4 Å². The summed E-state index contributed by atoms with van der Waals surface area (Å²) >= 11 is 0. The molecular formula is C30H33N7O4. The van der Waals surface area contributed by atoms with Gasteiger partial charge in [0.25, 0.3) is 5.91 Å². The number of carbonyl (C=O) groups excluding carboxylic acids is 1. The van der Waals surface area contributed by atoms with E-state index < -0.39 is 16.9 Å². The Balaban J connectivity index is 1.40. The Kier molecular flexibility index (Phi) is 7.24. The molecule has 1 aliphatic heterocycles. The highest BCUT2D eigenvalue weighted by molar-refractivity contribution is 5.96. The minimum atomic E-state index is -0.934. The largest absolute Gasteiger partial charge is 0.384 e. The summed E-state index contributed by atoms with van der Waals surface area (Å²) in [4.78, 5) is 46.8. The molecule has 1 aliphatic carbocycles. The van der Waals surface area contributed by atoms with E-state index in [1.807, 2.05) is 30.3 Å². The van der Waals surface area contributed by atoms with E-state index in [0.29, 0.717) is 30.0 Å². The Labute approximate surface area is 237 Å². The lowest BCUT2D eigenvalue weighted by atomic mass is 9.85. The van der Waals surface area contributed by atoms with Crippen molar-refractivity contribution in [3.05, 3.63) is 81.5 Å². The van der Waals surface area contributed by atoms with Gasteiger partial charge in [-0.25, -0.2) is 10.5 Å². The van der Waals surface area contributed by atoms with Crippen molar-refractivity contribution in [2.24, 2.45) is 0 Å². The van der Waals surface area contributed by atoms with E-state index in [4.69, 9.17) is 9.82 Å². The zero-order valence-electron chi connectivity index (χ0n) is 23.2. The highest BCUT2D eigenvalue weighted by Crippen LogP contribution is 2.33. The lowest BCUT2D eigenvalue weighted by Crippen LogP contribution is -2.45. The third-order valence-corrected chi connectivity index (χ3v) is 8.02. The molecule has 0 spiro atoms. The predicted octanol–water partition coefficient (Wildman–Crippen LogP) is 3.00. The van der Waals surface area contributed by atoms with Gasteiger partial charge in [0.2, 0.25) is 11.4 Å². The van der Waals surface area contributed by atoms with E-state index in [-0.39, 0.29) is 16.9 Å². The Morgan fingerprint density at radius 1 is 1.17 bits per heavy atom. The molecule has 3 N–H and O–H groups in total. The maximum absolute atomic E-state index is 13.3. The number of fused-ring (bicyclic) bond motifs is 2. The molecule has 0 bridgehead atoms. The molecule has 1 fully saturated rings. The number of aliphatic hydroxyl groups is 1. The maximum atomic E-state index is 13.3. The van der Waals surface area contributed by atoms with Gasteiger partial charge in [-0.2, -0.15) is 4.98 Å². The number of aryl methyl sites for hydroxylation is 2. The smallest absolute Gasteiger partial charge is 0.280 e. The number of anilines is 2. The van der Waals surface area contributed by atoms with Crippen molar-refractivity contribution in [2.45, 2.75) is 44.6 Å². The summed E-state index contributed by atoms with van der Waals surface area (Å²) < 4.78 is 1.69. The number of likely N-dealkylation sites (tertiary alicyclic amines) is 1. The Hall–Kier alpha value is -4.19. The summed E-state index contributed by atoms with van der Waals surface area (Å²) in [5.74, 6) is -0.389. The molecule has 2 aliphatic rings. The van der Waals surface area contributed by atoms with Crippen LogP contribution in [0.5, 0.6) is 0 Å². The van der Waals surface area contributed by atoms with Gasteiger partial charge in [0.1, 0.15) is 11.2 Å². The second kappa shape index (κ2) is 11.0. The maximum Gasteiger partial charge on any atom is 0.280 e. The van der Waals surface area contributed by atoms with Crippen molar-refractivity contribution in [2.75, 3.05) is 32.1 Å². The summed E-state index contributed by atoms with van der Waals surface area (Å²) in [6.45, 7) is 4.56. The number of nitrogens with one attached hydrogen (secondary N) is 2. The van der Waals surface area contributed by atoms with Crippen LogP contribution in [0.4, 0.5) is 11.6 Å². The molecular weight excluding hydrogens is 522 g/mol. The molecule has 1 unspecified atom stereocenters. The first kappa shape index (κ1) is 27.0. The lowest BCUT2D eigenvalue weighted by molar-refractivity contribution is -0.0339. The molecule has 3 aromatic heterocycles. The fraction of sp³-hybridized carbons (Fsp3) is 0.367. The molecule has 4 heterocycles. The number of nitrogens with zero attached hydrogens (tertiary/aromatic N) is 5. The van der Waals surface area contributed by atoms with Crippen LogP contribution in [-0.2, 0) is 23.3 Å². The molecule has 1 atom stereocenters. The van der Waals surface area contributed by atoms with E-state index in [0.717, 1.165) is 55.6 Å². The Bertz CT molecular complexity index is 1690. The van der Waals surface area contributed by atoms with Crippen LogP contribution in [0.15, 0.2) is 53.7 Å². The summed E-state index contributed by atoms with van der Waals surface area (Å²) in [6, 6.07) is 9.67. The van der Waals surface area contributed by atoms with Crippen molar-refractivity contribution < 1.29 is 14.7 Å². The van der Waals surface area contributed by atoms with Gasteiger partial charge in [-0.1, -0.05) is 19.1 Å². The van der Waals surface area contributed by atoms with E-state index in [9.17, 15) is 14.7 Å².